The van der Waals surface area contributed by atoms with Crippen LogP contribution in [0.4, 0.5) is 0 Å². The molecule has 0 spiro atoms. The number of amides is 1. The third kappa shape index (κ3) is 4.39. The van der Waals surface area contributed by atoms with E-state index in [0.29, 0.717) is 23.8 Å². The quantitative estimate of drug-likeness (QED) is 0.532. The van der Waals surface area contributed by atoms with E-state index < -0.39 is 0 Å². The number of carbonyl (C=O) groups is 1. The highest BCUT2D eigenvalue weighted by atomic mass is 79.9. The minimum atomic E-state index is -0.116. The number of ether oxygens (including phenoxy) is 3. The number of methoxy groups -OCH3 is 2. The van der Waals surface area contributed by atoms with Gasteiger partial charge < -0.3 is 19.1 Å². The molecule has 0 aliphatic carbocycles. The molecule has 0 saturated heterocycles. The zero-order chi connectivity index (χ0) is 20.1. The normalized spacial score (nSPS) is 10.6. The molecule has 1 amide bonds. The number of hydrogen-bond acceptors (Lipinski definition) is 4. The molecular weight excluding hydrogens is 422 g/mol. The first-order valence-electron chi connectivity index (χ1n) is 8.78. The molecule has 3 rings (SSSR count). The monoisotopic (exact) mass is 443 g/mol. The zero-order valence-electron chi connectivity index (χ0n) is 16.1. The first-order chi connectivity index (χ1) is 13.5. The van der Waals surface area contributed by atoms with E-state index in [1.54, 1.807) is 26.2 Å². The summed E-state index contributed by atoms with van der Waals surface area (Å²) in [6.07, 6.45) is 0. The van der Waals surface area contributed by atoms with Gasteiger partial charge in [-0.05, 0) is 50.5 Å². The van der Waals surface area contributed by atoms with Crippen molar-refractivity contribution in [2.24, 2.45) is 0 Å². The van der Waals surface area contributed by atoms with E-state index in [-0.39, 0.29) is 12.5 Å². The van der Waals surface area contributed by atoms with Gasteiger partial charge in [-0.15, -0.1) is 0 Å². The molecule has 0 fully saturated rings. The second-order valence-corrected chi connectivity index (χ2v) is 7.12. The fraction of sp³-hybridized carbons (Fsp3) is 0.227. The summed E-state index contributed by atoms with van der Waals surface area (Å²) >= 11 is 3.58. The van der Waals surface area contributed by atoms with Gasteiger partial charge in [0.05, 0.1) is 18.7 Å². The Hall–Kier alpha value is -2.73. The first kappa shape index (κ1) is 20.0. The van der Waals surface area contributed by atoms with Gasteiger partial charge >= 0.3 is 0 Å². The van der Waals surface area contributed by atoms with Gasteiger partial charge in [0.2, 0.25) is 0 Å². The van der Waals surface area contributed by atoms with E-state index in [0.717, 1.165) is 20.8 Å². The van der Waals surface area contributed by atoms with E-state index in [2.05, 4.69) is 15.9 Å². The van der Waals surface area contributed by atoms with Crippen LogP contribution < -0.4 is 14.2 Å². The smallest absolute Gasteiger partial charge is 0.260 e. The Kier molecular flexibility index (Phi) is 6.41. The molecule has 0 heterocycles. The summed E-state index contributed by atoms with van der Waals surface area (Å²) in [5, 5.41) is 2.16. The molecule has 146 valence electrons. The fourth-order valence-electron chi connectivity index (χ4n) is 2.92. The molecule has 5 nitrogen and oxygen atoms in total. The van der Waals surface area contributed by atoms with Crippen LogP contribution in [0.2, 0.25) is 0 Å². The predicted molar refractivity (Wildman–Crippen MR) is 113 cm³/mol. The third-order valence-corrected chi connectivity index (χ3v) is 5.29. The number of benzene rings is 3. The van der Waals surface area contributed by atoms with E-state index in [1.807, 2.05) is 54.6 Å². The number of fused-ring (bicyclic) bond motifs is 1. The van der Waals surface area contributed by atoms with Crippen LogP contribution >= 0.6 is 15.9 Å². The summed E-state index contributed by atoms with van der Waals surface area (Å²) in [6.45, 7) is 0.405. The second-order valence-electron chi connectivity index (χ2n) is 6.33. The lowest BCUT2D eigenvalue weighted by Gasteiger charge is -2.19. The zero-order valence-corrected chi connectivity index (χ0v) is 17.7. The largest absolute Gasteiger partial charge is 0.493 e. The van der Waals surface area contributed by atoms with Gasteiger partial charge in [-0.2, -0.15) is 0 Å². The standard InChI is InChI=1S/C22H22BrNO4/c1-24(13-15-8-10-18(26-2)20(12-15)27-3)21(25)14-28-19-11-9-16-6-4-5-7-17(16)22(19)23/h4-12H,13-14H2,1-3H3. The van der Waals surface area contributed by atoms with Crippen LogP contribution in [0.25, 0.3) is 10.8 Å². The maximum Gasteiger partial charge on any atom is 0.260 e. The third-order valence-electron chi connectivity index (χ3n) is 4.47. The molecule has 0 radical (unpaired) electrons. The van der Waals surface area contributed by atoms with Crippen LogP contribution in [0.3, 0.4) is 0 Å². The van der Waals surface area contributed by atoms with Crippen molar-refractivity contribution in [3.8, 4) is 17.2 Å². The van der Waals surface area contributed by atoms with Crippen molar-refractivity contribution in [1.29, 1.82) is 0 Å². The number of carbonyl (C=O) groups excluding carboxylic acids is 1. The predicted octanol–water partition coefficient (Wildman–Crippen LogP) is 4.66. The van der Waals surface area contributed by atoms with Crippen LogP contribution in [-0.4, -0.2) is 38.7 Å². The summed E-state index contributed by atoms with van der Waals surface area (Å²) < 4.78 is 17.2. The first-order valence-corrected chi connectivity index (χ1v) is 9.57. The van der Waals surface area contributed by atoms with E-state index in [9.17, 15) is 4.79 Å². The molecule has 28 heavy (non-hydrogen) atoms. The average molecular weight is 444 g/mol. The van der Waals surface area contributed by atoms with Crippen molar-refractivity contribution in [3.63, 3.8) is 0 Å². The van der Waals surface area contributed by atoms with Gasteiger partial charge in [0.1, 0.15) is 5.75 Å². The van der Waals surface area contributed by atoms with Crippen molar-refractivity contribution in [2.45, 2.75) is 6.54 Å². The summed E-state index contributed by atoms with van der Waals surface area (Å²) in [4.78, 5) is 14.1. The molecule has 0 aromatic heterocycles. The van der Waals surface area contributed by atoms with Crippen molar-refractivity contribution in [3.05, 3.63) is 64.6 Å². The Balaban J connectivity index is 1.64. The van der Waals surface area contributed by atoms with Crippen LogP contribution in [0.1, 0.15) is 5.56 Å². The Morgan fingerprint density at radius 1 is 0.964 bits per heavy atom. The number of nitrogens with zero attached hydrogens (tertiary/aromatic N) is 1. The molecule has 0 unspecified atom stereocenters. The number of halogens is 1. The second kappa shape index (κ2) is 8.97. The molecule has 0 aliphatic heterocycles. The van der Waals surface area contributed by atoms with Gasteiger partial charge in [-0.25, -0.2) is 0 Å². The Bertz CT molecular complexity index is 989. The molecule has 0 saturated carbocycles. The Morgan fingerprint density at radius 2 is 1.68 bits per heavy atom. The van der Waals surface area contributed by atoms with Crippen molar-refractivity contribution >= 4 is 32.6 Å². The molecule has 3 aromatic rings. The lowest BCUT2D eigenvalue weighted by molar-refractivity contribution is -0.132. The van der Waals surface area contributed by atoms with Gasteiger partial charge in [0.25, 0.3) is 5.91 Å². The summed E-state index contributed by atoms with van der Waals surface area (Å²) in [5.74, 6) is 1.82. The Morgan fingerprint density at radius 3 is 2.43 bits per heavy atom. The summed E-state index contributed by atoms with van der Waals surface area (Å²) in [7, 11) is 4.93. The number of rotatable bonds is 7. The minimum absolute atomic E-state index is 0.0409. The highest BCUT2D eigenvalue weighted by Crippen LogP contribution is 2.33. The Labute approximate surface area is 172 Å². The molecule has 0 aliphatic rings. The van der Waals surface area contributed by atoms with Crippen LogP contribution in [0.15, 0.2) is 59.1 Å². The van der Waals surface area contributed by atoms with Crippen molar-refractivity contribution < 1.29 is 19.0 Å². The molecular formula is C22H22BrNO4. The van der Waals surface area contributed by atoms with Crippen LogP contribution in [0.5, 0.6) is 17.2 Å². The fourth-order valence-corrected chi connectivity index (χ4v) is 3.52. The van der Waals surface area contributed by atoms with E-state index >= 15 is 0 Å². The summed E-state index contributed by atoms with van der Waals surface area (Å²) in [5.41, 5.74) is 0.945. The maximum atomic E-state index is 12.5. The lowest BCUT2D eigenvalue weighted by atomic mass is 10.1. The van der Waals surface area contributed by atoms with Crippen molar-refractivity contribution in [1.82, 2.24) is 4.90 Å². The number of hydrogen-bond donors (Lipinski definition) is 0. The molecule has 3 aromatic carbocycles. The van der Waals surface area contributed by atoms with Gasteiger partial charge in [-0.3, -0.25) is 4.79 Å². The molecule has 0 atom stereocenters. The lowest BCUT2D eigenvalue weighted by Crippen LogP contribution is -2.31. The van der Waals surface area contributed by atoms with E-state index in [1.165, 1.54) is 0 Å². The van der Waals surface area contributed by atoms with Gasteiger partial charge in [-0.1, -0.05) is 36.4 Å². The maximum absolute atomic E-state index is 12.5. The molecule has 0 N–H and O–H groups in total. The van der Waals surface area contributed by atoms with Gasteiger partial charge in [0.15, 0.2) is 18.1 Å². The van der Waals surface area contributed by atoms with Gasteiger partial charge in [0, 0.05) is 13.6 Å². The SMILES string of the molecule is COc1ccc(CN(C)C(=O)COc2ccc3ccccc3c2Br)cc1OC. The topological polar surface area (TPSA) is 48.0 Å². The average Bonchev–Trinajstić information content (AvgIpc) is 2.73. The molecule has 6 heteroatoms. The van der Waals surface area contributed by atoms with Crippen LogP contribution in [-0.2, 0) is 11.3 Å². The molecule has 0 bridgehead atoms. The van der Waals surface area contributed by atoms with Crippen molar-refractivity contribution in [2.75, 3.05) is 27.9 Å². The highest BCUT2D eigenvalue weighted by molar-refractivity contribution is 9.10. The minimum Gasteiger partial charge on any atom is -0.493 e. The van der Waals surface area contributed by atoms with Crippen LogP contribution in [0, 0.1) is 0 Å². The van der Waals surface area contributed by atoms with E-state index in [4.69, 9.17) is 14.2 Å². The highest BCUT2D eigenvalue weighted by Gasteiger charge is 2.14. The summed E-state index contributed by atoms with van der Waals surface area (Å²) in [6, 6.07) is 17.5. The number of likely N-dealkylation sites (N-methyl/N-ethyl adjacent to an activating group) is 1.